The van der Waals surface area contributed by atoms with Gasteiger partial charge in [-0.1, -0.05) is 12.8 Å². The number of hydrogen-bond acceptors (Lipinski definition) is 3. The van der Waals surface area contributed by atoms with Crippen molar-refractivity contribution in [3.8, 4) is 0 Å². The fourth-order valence-corrected chi connectivity index (χ4v) is 1.76. The highest BCUT2D eigenvalue weighted by molar-refractivity contribution is 5.85. The summed E-state index contributed by atoms with van der Waals surface area (Å²) in [5.74, 6) is -0.151. The molecule has 4 heteroatoms. The number of halogens is 1. The monoisotopic (exact) mass is 207 g/mol. The second-order valence-corrected chi connectivity index (χ2v) is 3.55. The second-order valence-electron chi connectivity index (χ2n) is 3.55. The molecule has 0 amide bonds. The van der Waals surface area contributed by atoms with Gasteiger partial charge in [0.05, 0.1) is 13.0 Å². The average Bonchev–Trinajstić information content (AvgIpc) is 2.36. The van der Waals surface area contributed by atoms with Crippen LogP contribution in [-0.2, 0) is 9.53 Å². The summed E-state index contributed by atoms with van der Waals surface area (Å²) in [5, 5.41) is 0. The molecule has 0 bridgehead atoms. The lowest BCUT2D eigenvalue weighted by Crippen LogP contribution is -2.39. The predicted octanol–water partition coefficient (Wildman–Crippen LogP) is 1.63. The van der Waals surface area contributed by atoms with Crippen LogP contribution >= 0.6 is 12.4 Å². The number of rotatable bonds is 3. The van der Waals surface area contributed by atoms with Crippen molar-refractivity contribution < 1.29 is 9.53 Å². The van der Waals surface area contributed by atoms with E-state index in [0.717, 1.165) is 25.7 Å². The summed E-state index contributed by atoms with van der Waals surface area (Å²) in [7, 11) is 0. The highest BCUT2D eigenvalue weighted by atomic mass is 35.5. The number of carbonyl (C=O) groups excluding carboxylic acids is 1. The van der Waals surface area contributed by atoms with E-state index in [0.29, 0.717) is 13.0 Å². The molecule has 0 aromatic heterocycles. The number of carbonyl (C=O) groups is 1. The highest BCUT2D eigenvalue weighted by Crippen LogP contribution is 2.30. The van der Waals surface area contributed by atoms with Crippen molar-refractivity contribution in [3.05, 3.63) is 0 Å². The maximum absolute atomic E-state index is 11.1. The van der Waals surface area contributed by atoms with Crippen LogP contribution in [0, 0.1) is 0 Å². The summed E-state index contributed by atoms with van der Waals surface area (Å²) < 4.78 is 4.85. The van der Waals surface area contributed by atoms with Gasteiger partial charge in [0, 0.05) is 5.54 Å². The first kappa shape index (κ1) is 12.7. The Balaban J connectivity index is 0.00000144. The molecule has 1 fully saturated rings. The van der Waals surface area contributed by atoms with Crippen molar-refractivity contribution in [3.63, 3.8) is 0 Å². The van der Waals surface area contributed by atoms with Crippen LogP contribution in [0.1, 0.15) is 39.0 Å². The van der Waals surface area contributed by atoms with Gasteiger partial charge in [-0.25, -0.2) is 0 Å². The van der Waals surface area contributed by atoms with Crippen molar-refractivity contribution in [2.75, 3.05) is 6.61 Å². The van der Waals surface area contributed by atoms with Crippen LogP contribution in [-0.4, -0.2) is 18.1 Å². The zero-order valence-electron chi connectivity index (χ0n) is 8.04. The minimum atomic E-state index is -0.258. The molecule has 1 saturated carbocycles. The molecule has 0 atom stereocenters. The third kappa shape index (κ3) is 3.96. The smallest absolute Gasteiger partial charge is 0.307 e. The maximum atomic E-state index is 11.1. The first-order chi connectivity index (χ1) is 5.66. The summed E-state index contributed by atoms with van der Waals surface area (Å²) in [6.07, 6.45) is 4.62. The Morgan fingerprint density at radius 3 is 2.46 bits per heavy atom. The summed E-state index contributed by atoms with van der Waals surface area (Å²) in [5.41, 5.74) is 5.73. The van der Waals surface area contributed by atoms with Crippen molar-refractivity contribution in [1.29, 1.82) is 0 Å². The van der Waals surface area contributed by atoms with Gasteiger partial charge in [0.2, 0.25) is 0 Å². The van der Waals surface area contributed by atoms with Gasteiger partial charge in [0.25, 0.3) is 0 Å². The largest absolute Gasteiger partial charge is 0.466 e. The molecule has 13 heavy (non-hydrogen) atoms. The Bertz CT molecular complexity index is 167. The van der Waals surface area contributed by atoms with E-state index in [1.54, 1.807) is 0 Å². The van der Waals surface area contributed by atoms with E-state index in [9.17, 15) is 4.79 Å². The Hall–Kier alpha value is -0.280. The molecule has 2 N–H and O–H groups in total. The van der Waals surface area contributed by atoms with Crippen LogP contribution in [0.2, 0.25) is 0 Å². The van der Waals surface area contributed by atoms with Gasteiger partial charge < -0.3 is 10.5 Å². The lowest BCUT2D eigenvalue weighted by atomic mass is 9.95. The topological polar surface area (TPSA) is 52.3 Å². The van der Waals surface area contributed by atoms with E-state index < -0.39 is 0 Å². The lowest BCUT2D eigenvalue weighted by molar-refractivity contribution is -0.144. The van der Waals surface area contributed by atoms with Crippen LogP contribution < -0.4 is 5.73 Å². The van der Waals surface area contributed by atoms with Crippen molar-refractivity contribution in [2.45, 2.75) is 44.6 Å². The van der Waals surface area contributed by atoms with E-state index in [2.05, 4.69) is 0 Å². The van der Waals surface area contributed by atoms with E-state index >= 15 is 0 Å². The molecule has 0 aromatic rings. The van der Waals surface area contributed by atoms with E-state index in [-0.39, 0.29) is 23.9 Å². The average molecular weight is 208 g/mol. The van der Waals surface area contributed by atoms with Crippen LogP contribution in [0.5, 0.6) is 0 Å². The van der Waals surface area contributed by atoms with Gasteiger partial charge in [-0.3, -0.25) is 4.79 Å². The molecule has 0 saturated heterocycles. The molecular weight excluding hydrogens is 190 g/mol. The predicted molar refractivity (Wildman–Crippen MR) is 53.9 cm³/mol. The van der Waals surface area contributed by atoms with Crippen molar-refractivity contribution in [1.82, 2.24) is 0 Å². The van der Waals surface area contributed by atoms with Gasteiger partial charge in [-0.15, -0.1) is 12.4 Å². The Morgan fingerprint density at radius 1 is 1.46 bits per heavy atom. The Kier molecular flexibility index (Phi) is 5.33. The summed E-state index contributed by atoms with van der Waals surface area (Å²) >= 11 is 0. The Morgan fingerprint density at radius 2 is 2.00 bits per heavy atom. The van der Waals surface area contributed by atoms with E-state index in [1.807, 2.05) is 6.92 Å². The van der Waals surface area contributed by atoms with Gasteiger partial charge in [0.1, 0.15) is 0 Å². The first-order valence-electron chi connectivity index (χ1n) is 4.61. The molecule has 0 radical (unpaired) electrons. The molecule has 0 heterocycles. The molecular formula is C9H18ClNO2. The van der Waals surface area contributed by atoms with Gasteiger partial charge >= 0.3 is 5.97 Å². The van der Waals surface area contributed by atoms with Crippen LogP contribution in [0.15, 0.2) is 0 Å². The molecule has 0 aliphatic heterocycles. The number of nitrogens with two attached hydrogens (primary N) is 1. The minimum absolute atomic E-state index is 0. The van der Waals surface area contributed by atoms with Crippen LogP contribution in [0.4, 0.5) is 0 Å². The minimum Gasteiger partial charge on any atom is -0.466 e. The number of ether oxygens (including phenoxy) is 1. The zero-order chi connectivity index (χ0) is 9.03. The second kappa shape index (κ2) is 5.45. The first-order valence-corrected chi connectivity index (χ1v) is 4.61. The van der Waals surface area contributed by atoms with Crippen LogP contribution in [0.3, 0.4) is 0 Å². The summed E-state index contributed by atoms with van der Waals surface area (Å²) in [6.45, 7) is 2.27. The summed E-state index contributed by atoms with van der Waals surface area (Å²) in [4.78, 5) is 11.1. The Labute approximate surface area is 85.4 Å². The quantitative estimate of drug-likeness (QED) is 0.716. The number of esters is 1. The molecule has 1 rings (SSSR count). The van der Waals surface area contributed by atoms with Gasteiger partial charge in [0.15, 0.2) is 0 Å². The molecule has 0 aromatic carbocycles. The molecule has 0 unspecified atom stereocenters. The third-order valence-corrected chi connectivity index (χ3v) is 2.40. The fraction of sp³-hybridized carbons (Fsp3) is 0.889. The highest BCUT2D eigenvalue weighted by Gasteiger charge is 2.32. The molecule has 1 aliphatic carbocycles. The van der Waals surface area contributed by atoms with E-state index in [4.69, 9.17) is 10.5 Å². The molecule has 78 valence electrons. The van der Waals surface area contributed by atoms with Crippen molar-refractivity contribution in [2.24, 2.45) is 5.73 Å². The van der Waals surface area contributed by atoms with Crippen molar-refractivity contribution >= 4 is 18.4 Å². The normalized spacial score (nSPS) is 19.2. The fourth-order valence-electron chi connectivity index (χ4n) is 1.76. The van der Waals surface area contributed by atoms with E-state index in [1.165, 1.54) is 0 Å². The van der Waals surface area contributed by atoms with Gasteiger partial charge in [-0.2, -0.15) is 0 Å². The zero-order valence-corrected chi connectivity index (χ0v) is 8.86. The molecule has 0 spiro atoms. The SMILES string of the molecule is CCOC(=O)CC1(N)CCCC1.Cl. The lowest BCUT2D eigenvalue weighted by Gasteiger charge is -2.21. The summed E-state index contributed by atoms with van der Waals surface area (Å²) in [6, 6.07) is 0. The third-order valence-electron chi connectivity index (χ3n) is 2.40. The standard InChI is InChI=1S/C9H17NO2.ClH/c1-2-12-8(11)7-9(10)5-3-4-6-9;/h2-7,10H2,1H3;1H. The van der Waals surface area contributed by atoms with Gasteiger partial charge in [-0.05, 0) is 19.8 Å². The molecule has 3 nitrogen and oxygen atoms in total. The molecule has 1 aliphatic rings. The number of hydrogen-bond donors (Lipinski definition) is 1. The maximum Gasteiger partial charge on any atom is 0.307 e. The van der Waals surface area contributed by atoms with Crippen LogP contribution in [0.25, 0.3) is 0 Å².